The molecule has 102 valence electrons. The van der Waals surface area contributed by atoms with Gasteiger partial charge in [-0.05, 0) is 12.1 Å². The maximum absolute atomic E-state index is 11.6. The minimum absolute atomic E-state index is 0.289. The summed E-state index contributed by atoms with van der Waals surface area (Å²) in [6, 6.07) is 7.10. The number of anilines is 1. The Morgan fingerprint density at radius 1 is 1.47 bits per heavy atom. The lowest BCUT2D eigenvalue weighted by Crippen LogP contribution is -2.30. The largest absolute Gasteiger partial charge is 0.465 e. The fraction of sp³-hybridized carbons (Fsp3) is 0.385. The van der Waals surface area contributed by atoms with Gasteiger partial charge in [-0.2, -0.15) is 0 Å². The normalized spacial score (nSPS) is 14.2. The number of rotatable bonds is 5. The van der Waals surface area contributed by atoms with Crippen molar-refractivity contribution in [1.29, 1.82) is 0 Å². The molecule has 0 spiro atoms. The molecule has 19 heavy (non-hydrogen) atoms. The molecule has 2 rings (SSSR count). The Balaban J connectivity index is 1.92. The van der Waals surface area contributed by atoms with E-state index in [1.165, 1.54) is 7.11 Å². The van der Waals surface area contributed by atoms with Crippen molar-refractivity contribution in [2.24, 2.45) is 0 Å². The van der Waals surface area contributed by atoms with Gasteiger partial charge in [-0.1, -0.05) is 12.1 Å². The lowest BCUT2D eigenvalue weighted by molar-refractivity contribution is 0.0601. The molecule has 0 aliphatic carbocycles. The van der Waals surface area contributed by atoms with Crippen molar-refractivity contribution in [3.8, 4) is 0 Å². The number of hydrogen-bond donors (Lipinski definition) is 1. The molecule has 0 bridgehead atoms. The molecule has 1 amide bonds. The molecule has 0 aromatic heterocycles. The van der Waals surface area contributed by atoms with E-state index in [4.69, 9.17) is 9.47 Å². The average Bonchev–Trinajstić information content (AvgIpc) is 2.84. The van der Waals surface area contributed by atoms with E-state index in [9.17, 15) is 9.59 Å². The lowest BCUT2D eigenvalue weighted by atomic mass is 10.2. The number of nitrogens with one attached hydrogen (secondary N) is 1. The minimum Gasteiger partial charge on any atom is -0.465 e. The average molecular weight is 264 g/mol. The molecule has 6 heteroatoms. The fourth-order valence-corrected chi connectivity index (χ4v) is 1.88. The summed E-state index contributed by atoms with van der Waals surface area (Å²) < 4.78 is 9.54. The summed E-state index contributed by atoms with van der Waals surface area (Å²) in [7, 11) is 1.35. The third-order valence-corrected chi connectivity index (χ3v) is 2.87. The quantitative estimate of drug-likeness (QED) is 0.813. The van der Waals surface area contributed by atoms with Gasteiger partial charge in [-0.25, -0.2) is 9.59 Å². The zero-order valence-corrected chi connectivity index (χ0v) is 10.7. The molecule has 0 saturated carbocycles. The summed E-state index contributed by atoms with van der Waals surface area (Å²) in [6.07, 6.45) is -0.289. The molecule has 1 aromatic carbocycles. The van der Waals surface area contributed by atoms with Crippen LogP contribution in [0.5, 0.6) is 0 Å². The third kappa shape index (κ3) is 3.15. The Hall–Kier alpha value is -2.24. The van der Waals surface area contributed by atoms with E-state index >= 15 is 0 Å². The number of para-hydroxylation sites is 1. The number of ether oxygens (including phenoxy) is 2. The highest BCUT2D eigenvalue weighted by molar-refractivity contribution is 5.95. The van der Waals surface area contributed by atoms with Crippen LogP contribution in [0.3, 0.4) is 0 Å². The summed E-state index contributed by atoms with van der Waals surface area (Å²) >= 11 is 0. The standard InChI is InChI=1S/C13H16N2O4/c1-18-12(16)10-4-2-3-5-11(10)14-6-7-15-8-9-19-13(15)17/h2-5,14H,6-9H2,1H3. The number of carbonyl (C=O) groups excluding carboxylic acids is 2. The van der Waals surface area contributed by atoms with E-state index in [1.54, 1.807) is 23.1 Å². The van der Waals surface area contributed by atoms with Crippen molar-refractivity contribution in [1.82, 2.24) is 4.90 Å². The van der Waals surface area contributed by atoms with Crippen LogP contribution in [0.25, 0.3) is 0 Å². The van der Waals surface area contributed by atoms with E-state index in [1.807, 2.05) is 6.07 Å². The van der Waals surface area contributed by atoms with Crippen molar-refractivity contribution in [2.45, 2.75) is 0 Å². The van der Waals surface area contributed by atoms with Crippen LogP contribution in [-0.4, -0.2) is 50.3 Å². The Labute approximate surface area is 111 Å². The van der Waals surface area contributed by atoms with E-state index in [-0.39, 0.29) is 12.1 Å². The highest BCUT2D eigenvalue weighted by Crippen LogP contribution is 2.15. The highest BCUT2D eigenvalue weighted by atomic mass is 16.6. The fourth-order valence-electron chi connectivity index (χ4n) is 1.88. The number of benzene rings is 1. The van der Waals surface area contributed by atoms with Crippen LogP contribution >= 0.6 is 0 Å². The maximum Gasteiger partial charge on any atom is 0.409 e. The first-order chi connectivity index (χ1) is 9.22. The SMILES string of the molecule is COC(=O)c1ccccc1NCCN1CCOC1=O. The molecular weight excluding hydrogens is 248 g/mol. The predicted octanol–water partition coefficient (Wildman–Crippen LogP) is 1.34. The first kappa shape index (κ1) is 13.2. The minimum atomic E-state index is -0.385. The predicted molar refractivity (Wildman–Crippen MR) is 69.2 cm³/mol. The summed E-state index contributed by atoms with van der Waals surface area (Å²) in [6.45, 7) is 2.13. The number of carbonyl (C=O) groups is 2. The monoisotopic (exact) mass is 264 g/mol. The summed E-state index contributed by atoms with van der Waals surface area (Å²) in [4.78, 5) is 24.4. The summed E-state index contributed by atoms with van der Waals surface area (Å²) in [5, 5.41) is 3.13. The molecule has 1 aliphatic heterocycles. The molecule has 0 atom stereocenters. The number of hydrogen-bond acceptors (Lipinski definition) is 5. The van der Waals surface area contributed by atoms with Crippen molar-refractivity contribution in [2.75, 3.05) is 38.7 Å². The summed E-state index contributed by atoms with van der Waals surface area (Å²) in [5.74, 6) is -0.385. The molecule has 0 unspecified atom stereocenters. The molecule has 1 N–H and O–H groups in total. The molecular formula is C13H16N2O4. The van der Waals surface area contributed by atoms with Gasteiger partial charge >= 0.3 is 12.1 Å². The zero-order chi connectivity index (χ0) is 13.7. The topological polar surface area (TPSA) is 67.9 Å². The van der Waals surface area contributed by atoms with E-state index in [0.717, 1.165) is 0 Å². The Morgan fingerprint density at radius 2 is 2.26 bits per heavy atom. The molecule has 1 fully saturated rings. The molecule has 1 saturated heterocycles. The van der Waals surface area contributed by atoms with Crippen LogP contribution in [0.2, 0.25) is 0 Å². The zero-order valence-electron chi connectivity index (χ0n) is 10.7. The van der Waals surface area contributed by atoms with Crippen LogP contribution in [0.1, 0.15) is 10.4 Å². The van der Waals surface area contributed by atoms with Gasteiger partial charge in [-0.15, -0.1) is 0 Å². The van der Waals surface area contributed by atoms with E-state index in [2.05, 4.69) is 5.32 Å². The second kappa shape index (κ2) is 6.08. The van der Waals surface area contributed by atoms with Gasteiger partial charge in [0.15, 0.2) is 0 Å². The first-order valence-electron chi connectivity index (χ1n) is 6.05. The van der Waals surface area contributed by atoms with Gasteiger partial charge in [-0.3, -0.25) is 0 Å². The van der Waals surface area contributed by atoms with Gasteiger partial charge in [0.25, 0.3) is 0 Å². The number of cyclic esters (lactones) is 1. The van der Waals surface area contributed by atoms with Gasteiger partial charge < -0.3 is 19.7 Å². The Bertz CT molecular complexity index is 475. The first-order valence-corrected chi connectivity index (χ1v) is 6.05. The number of methoxy groups -OCH3 is 1. The molecule has 1 aliphatic rings. The maximum atomic E-state index is 11.6. The second-order valence-corrected chi connectivity index (χ2v) is 4.07. The highest BCUT2D eigenvalue weighted by Gasteiger charge is 2.21. The summed E-state index contributed by atoms with van der Waals surface area (Å²) in [5.41, 5.74) is 1.18. The second-order valence-electron chi connectivity index (χ2n) is 4.07. The Morgan fingerprint density at radius 3 is 2.95 bits per heavy atom. The van der Waals surface area contributed by atoms with Crippen LogP contribution in [0, 0.1) is 0 Å². The smallest absolute Gasteiger partial charge is 0.409 e. The van der Waals surface area contributed by atoms with E-state index in [0.29, 0.717) is 37.5 Å². The number of nitrogens with zero attached hydrogens (tertiary/aromatic N) is 1. The van der Waals surface area contributed by atoms with Crippen LogP contribution < -0.4 is 5.32 Å². The molecule has 1 heterocycles. The number of amides is 1. The van der Waals surface area contributed by atoms with Crippen molar-refractivity contribution < 1.29 is 19.1 Å². The van der Waals surface area contributed by atoms with E-state index < -0.39 is 0 Å². The van der Waals surface area contributed by atoms with Gasteiger partial charge in [0.2, 0.25) is 0 Å². The molecule has 1 aromatic rings. The Kier molecular flexibility index (Phi) is 4.22. The van der Waals surface area contributed by atoms with Gasteiger partial charge in [0.05, 0.1) is 19.2 Å². The van der Waals surface area contributed by atoms with Crippen LogP contribution in [0.4, 0.5) is 10.5 Å². The molecule has 6 nitrogen and oxygen atoms in total. The van der Waals surface area contributed by atoms with Crippen LogP contribution in [-0.2, 0) is 9.47 Å². The van der Waals surface area contributed by atoms with Crippen molar-refractivity contribution in [3.05, 3.63) is 29.8 Å². The van der Waals surface area contributed by atoms with Crippen molar-refractivity contribution >= 4 is 17.7 Å². The molecule has 0 radical (unpaired) electrons. The van der Waals surface area contributed by atoms with Crippen LogP contribution in [0.15, 0.2) is 24.3 Å². The van der Waals surface area contributed by atoms with Crippen molar-refractivity contribution in [3.63, 3.8) is 0 Å². The van der Waals surface area contributed by atoms with Gasteiger partial charge in [0, 0.05) is 18.8 Å². The number of esters is 1. The lowest BCUT2D eigenvalue weighted by Gasteiger charge is -2.15. The third-order valence-electron chi connectivity index (χ3n) is 2.87. The van der Waals surface area contributed by atoms with Gasteiger partial charge in [0.1, 0.15) is 6.61 Å².